The van der Waals surface area contributed by atoms with Crippen LogP contribution in [0.25, 0.3) is 0 Å². The molecule has 0 saturated carbocycles. The summed E-state index contributed by atoms with van der Waals surface area (Å²) in [6, 6.07) is 0.135. The van der Waals surface area contributed by atoms with Crippen LogP contribution in [0.15, 0.2) is 0 Å². The molecule has 0 radical (unpaired) electrons. The Morgan fingerprint density at radius 3 is 2.74 bits per heavy atom. The smallest absolute Gasteiger partial charge is 0.322 e. The molecular weight excluding hydrogens is 242 g/mol. The van der Waals surface area contributed by atoms with Crippen LogP contribution in [0.2, 0.25) is 0 Å². The maximum absolute atomic E-state index is 11.8. The largest absolute Gasteiger partial charge is 0.468 e. The van der Waals surface area contributed by atoms with Crippen molar-refractivity contribution in [2.45, 2.75) is 71.1 Å². The average molecular weight is 271 g/mol. The lowest BCUT2D eigenvalue weighted by molar-refractivity contribution is -0.144. The molecule has 0 spiro atoms. The van der Waals surface area contributed by atoms with Crippen LogP contribution >= 0.6 is 0 Å². The lowest BCUT2D eigenvalue weighted by Crippen LogP contribution is -2.51. The van der Waals surface area contributed by atoms with Gasteiger partial charge in [0, 0.05) is 12.6 Å². The molecule has 19 heavy (non-hydrogen) atoms. The van der Waals surface area contributed by atoms with Crippen molar-refractivity contribution in [3.63, 3.8) is 0 Å². The lowest BCUT2D eigenvalue weighted by atomic mass is 9.89. The number of methoxy groups -OCH3 is 1. The molecule has 4 heteroatoms. The molecule has 0 aromatic rings. The zero-order chi connectivity index (χ0) is 14.5. The van der Waals surface area contributed by atoms with Gasteiger partial charge in [0.2, 0.25) is 0 Å². The van der Waals surface area contributed by atoms with Crippen molar-refractivity contribution in [1.82, 2.24) is 5.32 Å². The first-order valence-corrected chi connectivity index (χ1v) is 7.38. The Kier molecular flexibility index (Phi) is 6.27. The predicted octanol–water partition coefficient (Wildman–Crippen LogP) is 2.51. The third-order valence-electron chi connectivity index (χ3n) is 3.97. The quantitative estimate of drug-likeness (QED) is 0.754. The number of nitrogens with one attached hydrogen (secondary N) is 1. The molecule has 1 fully saturated rings. The Labute approximate surface area is 117 Å². The summed E-state index contributed by atoms with van der Waals surface area (Å²) in [4.78, 5) is 11.8. The fourth-order valence-corrected chi connectivity index (χ4v) is 2.65. The van der Waals surface area contributed by atoms with Gasteiger partial charge in [-0.05, 0) is 38.5 Å². The second kappa shape index (κ2) is 7.25. The fraction of sp³-hybridized carbons (Fsp3) is 0.933. The second-order valence-electron chi connectivity index (χ2n) is 6.21. The Morgan fingerprint density at radius 1 is 1.53 bits per heavy atom. The van der Waals surface area contributed by atoms with Gasteiger partial charge in [0.25, 0.3) is 0 Å². The minimum absolute atomic E-state index is 0.0611. The molecule has 1 aliphatic heterocycles. The molecule has 3 atom stereocenters. The minimum Gasteiger partial charge on any atom is -0.468 e. The topological polar surface area (TPSA) is 47.6 Å². The molecule has 1 saturated heterocycles. The first-order chi connectivity index (χ1) is 8.90. The summed E-state index contributed by atoms with van der Waals surface area (Å²) in [5.74, 6) is 0.312. The van der Waals surface area contributed by atoms with Gasteiger partial charge in [-0.25, -0.2) is 0 Å². The summed E-state index contributed by atoms with van der Waals surface area (Å²) >= 11 is 0. The third kappa shape index (κ3) is 5.11. The molecule has 0 aliphatic carbocycles. The highest BCUT2D eigenvalue weighted by Gasteiger charge is 2.34. The Balaban J connectivity index is 2.60. The molecular formula is C15H29NO3. The summed E-state index contributed by atoms with van der Waals surface area (Å²) in [5.41, 5.74) is -0.0611. The van der Waals surface area contributed by atoms with Gasteiger partial charge >= 0.3 is 5.97 Å². The third-order valence-corrected chi connectivity index (χ3v) is 3.97. The summed E-state index contributed by atoms with van der Waals surface area (Å²) in [6.45, 7) is 9.30. The molecule has 0 aromatic carbocycles. The lowest BCUT2D eigenvalue weighted by Gasteiger charge is -2.39. The van der Waals surface area contributed by atoms with Gasteiger partial charge in [0.1, 0.15) is 6.04 Å². The molecule has 0 amide bonds. The van der Waals surface area contributed by atoms with E-state index in [1.165, 1.54) is 7.11 Å². The van der Waals surface area contributed by atoms with Crippen molar-refractivity contribution in [1.29, 1.82) is 0 Å². The van der Waals surface area contributed by atoms with Gasteiger partial charge < -0.3 is 14.8 Å². The fourth-order valence-electron chi connectivity index (χ4n) is 2.65. The minimum atomic E-state index is -0.200. The molecule has 4 nitrogen and oxygen atoms in total. The maximum atomic E-state index is 11.8. The van der Waals surface area contributed by atoms with E-state index in [0.29, 0.717) is 12.0 Å². The monoisotopic (exact) mass is 271 g/mol. The highest BCUT2D eigenvalue weighted by atomic mass is 16.5. The standard InChI is InChI=1S/C15H29NO3/c1-6-15(4)10-12(7-8-19-15)16-13(9-11(2)3)14(17)18-5/h11-13,16H,6-10H2,1-5H3. The van der Waals surface area contributed by atoms with Gasteiger partial charge in [0.05, 0.1) is 12.7 Å². The SMILES string of the molecule is CCC1(C)CC(NC(CC(C)C)C(=O)OC)CCO1. The van der Waals surface area contributed by atoms with Gasteiger partial charge in [-0.3, -0.25) is 4.79 Å². The van der Waals surface area contributed by atoms with Crippen LogP contribution in [0, 0.1) is 5.92 Å². The molecule has 0 aromatic heterocycles. The molecule has 1 rings (SSSR count). The summed E-state index contributed by atoms with van der Waals surface area (Å²) in [7, 11) is 1.46. The predicted molar refractivity (Wildman–Crippen MR) is 76.1 cm³/mol. The van der Waals surface area contributed by atoms with E-state index in [-0.39, 0.29) is 17.6 Å². The van der Waals surface area contributed by atoms with E-state index in [4.69, 9.17) is 9.47 Å². The zero-order valence-corrected chi connectivity index (χ0v) is 13.0. The first kappa shape index (κ1) is 16.4. The Hall–Kier alpha value is -0.610. The Bertz CT molecular complexity index is 293. The zero-order valence-electron chi connectivity index (χ0n) is 13.0. The maximum Gasteiger partial charge on any atom is 0.322 e. The number of hydrogen-bond donors (Lipinski definition) is 1. The van der Waals surface area contributed by atoms with Crippen molar-refractivity contribution < 1.29 is 14.3 Å². The van der Waals surface area contributed by atoms with Crippen molar-refractivity contribution in [3.05, 3.63) is 0 Å². The van der Waals surface area contributed by atoms with E-state index >= 15 is 0 Å². The van der Waals surface area contributed by atoms with Gasteiger partial charge in [-0.15, -0.1) is 0 Å². The van der Waals surface area contributed by atoms with Gasteiger partial charge in [-0.1, -0.05) is 20.8 Å². The number of ether oxygens (including phenoxy) is 2. The van der Waals surface area contributed by atoms with E-state index in [0.717, 1.165) is 32.3 Å². The number of esters is 1. The molecule has 3 unspecified atom stereocenters. The van der Waals surface area contributed by atoms with Crippen LogP contribution in [0.5, 0.6) is 0 Å². The second-order valence-corrected chi connectivity index (χ2v) is 6.21. The Morgan fingerprint density at radius 2 is 2.21 bits per heavy atom. The molecule has 1 heterocycles. The van der Waals surface area contributed by atoms with Crippen molar-refractivity contribution in [2.24, 2.45) is 5.92 Å². The molecule has 1 N–H and O–H groups in total. The van der Waals surface area contributed by atoms with Crippen molar-refractivity contribution >= 4 is 5.97 Å². The highest BCUT2D eigenvalue weighted by molar-refractivity contribution is 5.75. The van der Waals surface area contributed by atoms with Crippen molar-refractivity contribution in [2.75, 3.05) is 13.7 Å². The van der Waals surface area contributed by atoms with Crippen LogP contribution in [0.4, 0.5) is 0 Å². The van der Waals surface area contributed by atoms with Crippen LogP contribution in [-0.2, 0) is 14.3 Å². The van der Waals surface area contributed by atoms with Crippen LogP contribution < -0.4 is 5.32 Å². The molecule has 112 valence electrons. The van der Waals surface area contributed by atoms with Gasteiger partial charge in [-0.2, -0.15) is 0 Å². The van der Waals surface area contributed by atoms with E-state index in [9.17, 15) is 4.79 Å². The van der Waals surface area contributed by atoms with Crippen LogP contribution in [0.3, 0.4) is 0 Å². The summed E-state index contributed by atoms with van der Waals surface area (Å²) in [5, 5.41) is 3.47. The van der Waals surface area contributed by atoms with Crippen molar-refractivity contribution in [3.8, 4) is 0 Å². The van der Waals surface area contributed by atoms with E-state index in [1.54, 1.807) is 0 Å². The van der Waals surface area contributed by atoms with Crippen LogP contribution in [-0.4, -0.2) is 37.4 Å². The molecule has 1 aliphatic rings. The number of hydrogen-bond acceptors (Lipinski definition) is 4. The number of rotatable bonds is 6. The summed E-state index contributed by atoms with van der Waals surface area (Å²) in [6.07, 6.45) is 3.72. The van der Waals surface area contributed by atoms with Crippen LogP contribution in [0.1, 0.15) is 53.4 Å². The first-order valence-electron chi connectivity index (χ1n) is 7.38. The highest BCUT2D eigenvalue weighted by Crippen LogP contribution is 2.28. The normalized spacial score (nSPS) is 29.3. The number of carbonyl (C=O) groups excluding carboxylic acids is 1. The van der Waals surface area contributed by atoms with E-state index in [1.807, 2.05) is 0 Å². The van der Waals surface area contributed by atoms with E-state index < -0.39 is 0 Å². The van der Waals surface area contributed by atoms with Gasteiger partial charge in [0.15, 0.2) is 0 Å². The average Bonchev–Trinajstić information content (AvgIpc) is 2.36. The molecule has 0 bridgehead atoms. The number of carbonyl (C=O) groups is 1. The van der Waals surface area contributed by atoms with E-state index in [2.05, 4.69) is 33.0 Å². The summed E-state index contributed by atoms with van der Waals surface area (Å²) < 4.78 is 10.7.